The van der Waals surface area contributed by atoms with Crippen LogP contribution in [0.25, 0.3) is 0 Å². The normalized spacial score (nSPS) is 16.9. The van der Waals surface area contributed by atoms with Crippen molar-refractivity contribution in [3.8, 4) is 11.5 Å². The number of nitrogens with zero attached hydrogens (tertiary/aromatic N) is 2. The van der Waals surface area contributed by atoms with Gasteiger partial charge in [-0.25, -0.2) is 4.89 Å². The van der Waals surface area contributed by atoms with Gasteiger partial charge < -0.3 is 18.9 Å². The average molecular weight is 763 g/mol. The second kappa shape index (κ2) is 19.9. The van der Waals surface area contributed by atoms with Crippen LogP contribution in [0.15, 0.2) is 58.8 Å². The molecule has 20 heteroatoms. The van der Waals surface area contributed by atoms with Gasteiger partial charge in [0.15, 0.2) is 17.7 Å². The van der Waals surface area contributed by atoms with E-state index in [1.807, 2.05) is 0 Å². The summed E-state index contributed by atoms with van der Waals surface area (Å²) in [5, 5.41) is 5.97. The van der Waals surface area contributed by atoms with E-state index < -0.39 is 57.6 Å². The van der Waals surface area contributed by atoms with Gasteiger partial charge in [-0.3, -0.25) is 8.57 Å². The van der Waals surface area contributed by atoms with Crippen LogP contribution < -0.4 is 9.47 Å². The van der Waals surface area contributed by atoms with E-state index >= 15 is 0 Å². The molecule has 0 radical (unpaired) electrons. The minimum Gasteiger partial charge on any atom is -0.491 e. The Labute approximate surface area is 289 Å². The highest BCUT2D eigenvalue weighted by molar-refractivity contribution is 7.89. The molecule has 0 saturated carbocycles. The summed E-state index contributed by atoms with van der Waals surface area (Å²) in [4.78, 5) is 4.64. The summed E-state index contributed by atoms with van der Waals surface area (Å²) in [5.41, 5.74) is -3.66. The lowest BCUT2D eigenvalue weighted by molar-refractivity contribution is -0.198. The predicted octanol–water partition coefficient (Wildman–Crippen LogP) is 7.28. The highest BCUT2D eigenvalue weighted by Gasteiger charge is 2.39. The lowest BCUT2D eigenvalue weighted by Crippen LogP contribution is -2.35. The first-order chi connectivity index (χ1) is 23.7. The molecule has 0 spiro atoms. The molecule has 0 N–H and O–H groups in total. The molecular weight excluding hydrogens is 726 g/mol. The summed E-state index contributed by atoms with van der Waals surface area (Å²) in [6.45, 7) is 3.71. The monoisotopic (exact) mass is 762 g/mol. The Morgan fingerprint density at radius 2 is 1.42 bits per heavy atom. The molecule has 3 rings (SSSR count). The van der Waals surface area contributed by atoms with Crippen molar-refractivity contribution in [2.45, 2.75) is 70.7 Å². The number of ether oxygens (including phenoxy) is 4. The summed E-state index contributed by atoms with van der Waals surface area (Å²) < 4.78 is 141. The maximum absolute atomic E-state index is 13.6. The van der Waals surface area contributed by atoms with Gasteiger partial charge in [0, 0.05) is 17.7 Å². The number of hydrogen-bond donors (Lipinski definition) is 0. The zero-order chi connectivity index (χ0) is 36.6. The van der Waals surface area contributed by atoms with Gasteiger partial charge >= 0.3 is 22.5 Å². The summed E-state index contributed by atoms with van der Waals surface area (Å²) in [5.74, 6) is -0.182. The Kier molecular flexibility index (Phi) is 16.4. The van der Waals surface area contributed by atoms with Crippen molar-refractivity contribution in [2.24, 2.45) is 10.3 Å². The van der Waals surface area contributed by atoms with Crippen molar-refractivity contribution in [1.82, 2.24) is 0 Å². The molecule has 1 heterocycles. The van der Waals surface area contributed by atoms with Gasteiger partial charge in [-0.2, -0.15) is 34.8 Å². The van der Waals surface area contributed by atoms with Gasteiger partial charge in [-0.1, -0.05) is 24.2 Å². The summed E-state index contributed by atoms with van der Waals surface area (Å²) in [7, 11) is -4.29. The van der Waals surface area contributed by atoms with Crippen LogP contribution in [-0.4, -0.2) is 76.8 Å². The quantitative estimate of drug-likeness (QED) is 0.0337. The van der Waals surface area contributed by atoms with Gasteiger partial charge in [0.25, 0.3) is 12.3 Å². The van der Waals surface area contributed by atoms with E-state index in [1.165, 1.54) is 31.2 Å². The number of benzene rings is 2. The smallest absolute Gasteiger partial charge is 0.437 e. The van der Waals surface area contributed by atoms with E-state index in [0.29, 0.717) is 19.4 Å². The van der Waals surface area contributed by atoms with Crippen LogP contribution in [-0.2, 0) is 37.4 Å². The first kappa shape index (κ1) is 41.1. The molecule has 2 aromatic rings. The Morgan fingerprint density at radius 1 is 0.860 bits per heavy atom. The van der Waals surface area contributed by atoms with Gasteiger partial charge in [0.1, 0.15) is 30.8 Å². The molecule has 0 amide bonds. The standard InChI is InChI=1S/C30H36F6N2O10S2/c1-3-16-44-48-49-46-37-27(29(31,32)33)21-8-12-23(13-9-21)42-19-25(45-26-7-5-6-17-41-26)20-43-24-14-10-22(11-15-24)28(30(34,35)36)38-47-50(39,40)18-4-2/h8-15,25-26H,3-7,16-20H2,1-2H3. The molecule has 0 aliphatic carbocycles. The topological polar surface area (TPSA) is 133 Å². The number of halogens is 6. The van der Waals surface area contributed by atoms with E-state index in [1.54, 1.807) is 6.92 Å². The Balaban J connectivity index is 1.67. The van der Waals surface area contributed by atoms with Crippen LogP contribution in [0.4, 0.5) is 26.3 Å². The van der Waals surface area contributed by atoms with Gasteiger partial charge in [-0.15, -0.1) is 4.33 Å². The molecular formula is C30H36F6N2O10S2. The molecule has 1 saturated heterocycles. The zero-order valence-corrected chi connectivity index (χ0v) is 28.5. The van der Waals surface area contributed by atoms with Crippen LogP contribution in [0.5, 0.6) is 11.5 Å². The van der Waals surface area contributed by atoms with Crippen molar-refractivity contribution in [3.05, 3.63) is 59.7 Å². The van der Waals surface area contributed by atoms with E-state index in [0.717, 1.165) is 37.1 Å². The minimum atomic E-state index is -5.02. The molecule has 50 heavy (non-hydrogen) atoms. The number of alkyl halides is 6. The van der Waals surface area contributed by atoms with Crippen LogP contribution >= 0.6 is 12.3 Å². The number of oxime groups is 2. The minimum absolute atomic E-state index is 0.125. The summed E-state index contributed by atoms with van der Waals surface area (Å²) in [6, 6.07) is 9.34. The van der Waals surface area contributed by atoms with E-state index in [4.69, 9.17) is 18.9 Å². The fourth-order valence-electron chi connectivity index (χ4n) is 4.08. The van der Waals surface area contributed by atoms with E-state index in [2.05, 4.69) is 28.1 Å². The third-order valence-corrected chi connectivity index (χ3v) is 7.86. The van der Waals surface area contributed by atoms with Crippen molar-refractivity contribution in [3.63, 3.8) is 0 Å². The number of hydrogen-bond acceptors (Lipinski definition) is 13. The van der Waals surface area contributed by atoms with Crippen LogP contribution in [0.2, 0.25) is 0 Å². The third-order valence-electron chi connectivity index (χ3n) is 6.37. The molecule has 12 nitrogen and oxygen atoms in total. The lowest BCUT2D eigenvalue weighted by Gasteiger charge is -2.28. The molecule has 2 unspecified atom stereocenters. The van der Waals surface area contributed by atoms with Crippen LogP contribution in [0.1, 0.15) is 57.1 Å². The maximum atomic E-state index is 13.6. The fourth-order valence-corrected chi connectivity index (χ4v) is 5.08. The molecule has 0 bridgehead atoms. The average Bonchev–Trinajstić information content (AvgIpc) is 3.06. The molecule has 1 aliphatic rings. The van der Waals surface area contributed by atoms with Crippen molar-refractivity contribution >= 4 is 33.9 Å². The molecule has 1 fully saturated rings. The first-order valence-corrected chi connectivity index (χ1v) is 17.5. The largest absolute Gasteiger partial charge is 0.491 e. The SMILES string of the molecule is CCCOOSON=C(c1ccc(OCC(COc2ccc(C(=NOS(=O)(=O)CCC)C(F)(F)F)cc2)OC2CCCCO2)cc1)C(F)(F)F. The Morgan fingerprint density at radius 3 is 1.90 bits per heavy atom. The van der Waals surface area contributed by atoms with Crippen LogP contribution in [0.3, 0.4) is 0 Å². The second-order valence-electron chi connectivity index (χ2n) is 10.5. The summed E-state index contributed by atoms with van der Waals surface area (Å²) >= 11 is 0.125. The Bertz CT molecular complexity index is 1470. The Hall–Kier alpha value is -3.30. The molecule has 2 atom stereocenters. The highest BCUT2D eigenvalue weighted by Crippen LogP contribution is 2.27. The second-order valence-corrected chi connectivity index (χ2v) is 12.6. The third kappa shape index (κ3) is 14.5. The lowest BCUT2D eigenvalue weighted by atomic mass is 10.1. The fraction of sp³-hybridized carbons (Fsp3) is 0.533. The predicted molar refractivity (Wildman–Crippen MR) is 169 cm³/mol. The van der Waals surface area contributed by atoms with Crippen molar-refractivity contribution < 1.29 is 71.5 Å². The van der Waals surface area contributed by atoms with Crippen molar-refractivity contribution in [2.75, 3.05) is 32.2 Å². The first-order valence-electron chi connectivity index (χ1n) is 15.3. The zero-order valence-electron chi connectivity index (χ0n) is 26.9. The van der Waals surface area contributed by atoms with Crippen LogP contribution in [0, 0.1) is 0 Å². The molecule has 0 aromatic heterocycles. The molecule has 280 valence electrons. The van der Waals surface area contributed by atoms with Gasteiger partial charge in [0.2, 0.25) is 0 Å². The van der Waals surface area contributed by atoms with E-state index in [9.17, 15) is 34.8 Å². The van der Waals surface area contributed by atoms with Gasteiger partial charge in [0.05, 0.1) is 12.4 Å². The van der Waals surface area contributed by atoms with E-state index in [-0.39, 0.29) is 55.6 Å². The van der Waals surface area contributed by atoms with Gasteiger partial charge in [-0.05, 0) is 80.6 Å². The summed E-state index contributed by atoms with van der Waals surface area (Å²) in [6.07, 6.45) is -8.22. The maximum Gasteiger partial charge on any atom is 0.437 e. The van der Waals surface area contributed by atoms with Crippen molar-refractivity contribution in [1.29, 1.82) is 0 Å². The highest BCUT2D eigenvalue weighted by atomic mass is 32.2. The molecule has 1 aliphatic heterocycles. The molecule has 2 aromatic carbocycles. The number of rotatable bonds is 20.